The Kier molecular flexibility index (Phi) is 6.90. The first kappa shape index (κ1) is 15.7. The molecule has 1 aromatic rings. The Balaban J connectivity index is 2.92. The lowest BCUT2D eigenvalue weighted by atomic mass is 10.0. The third kappa shape index (κ3) is 4.08. The van der Waals surface area contributed by atoms with Gasteiger partial charge in [0, 0.05) is 17.1 Å². The van der Waals surface area contributed by atoms with Gasteiger partial charge in [0.15, 0.2) is 0 Å². The van der Waals surface area contributed by atoms with Gasteiger partial charge in [-0.3, -0.25) is 4.90 Å². The highest BCUT2D eigenvalue weighted by Crippen LogP contribution is 2.28. The van der Waals surface area contributed by atoms with Crippen molar-refractivity contribution in [1.29, 1.82) is 0 Å². The molecule has 18 heavy (non-hydrogen) atoms. The first-order valence-corrected chi connectivity index (χ1v) is 7.63. The van der Waals surface area contributed by atoms with Gasteiger partial charge < -0.3 is 5.73 Å². The Labute approximate surface area is 120 Å². The number of unbranched alkanes of at least 4 members (excludes halogenated alkanes) is 1. The van der Waals surface area contributed by atoms with Crippen molar-refractivity contribution in [3.05, 3.63) is 33.8 Å². The summed E-state index contributed by atoms with van der Waals surface area (Å²) >= 11 is 3.67. The minimum Gasteiger partial charge on any atom is -0.329 e. The van der Waals surface area contributed by atoms with E-state index in [2.05, 4.69) is 59.8 Å². The van der Waals surface area contributed by atoms with Crippen LogP contribution in [0.3, 0.4) is 0 Å². The Morgan fingerprint density at radius 2 is 2.06 bits per heavy atom. The second-order valence-corrected chi connectivity index (χ2v) is 5.61. The predicted octanol–water partition coefficient (Wildman–Crippen LogP) is 3.88. The molecule has 0 bridgehead atoms. The third-order valence-electron chi connectivity index (χ3n) is 3.38. The van der Waals surface area contributed by atoms with Gasteiger partial charge in [0.05, 0.1) is 0 Å². The maximum Gasteiger partial charge on any atom is 0.0481 e. The van der Waals surface area contributed by atoms with Gasteiger partial charge in [-0.05, 0) is 43.6 Å². The molecule has 1 unspecified atom stereocenters. The quantitative estimate of drug-likeness (QED) is 0.828. The maximum absolute atomic E-state index is 6.00. The van der Waals surface area contributed by atoms with Crippen molar-refractivity contribution in [2.75, 3.05) is 19.6 Å². The minimum atomic E-state index is 0.316. The fourth-order valence-corrected chi connectivity index (χ4v) is 3.03. The summed E-state index contributed by atoms with van der Waals surface area (Å²) in [4.78, 5) is 2.47. The molecule has 0 aliphatic rings. The number of halogens is 1. The summed E-state index contributed by atoms with van der Waals surface area (Å²) in [7, 11) is 0. The third-order valence-corrected chi connectivity index (χ3v) is 4.07. The molecular formula is C15H25BrN2. The van der Waals surface area contributed by atoms with Gasteiger partial charge in [-0.1, -0.05) is 48.3 Å². The molecule has 0 heterocycles. The topological polar surface area (TPSA) is 29.3 Å². The van der Waals surface area contributed by atoms with E-state index < -0.39 is 0 Å². The average molecular weight is 313 g/mol. The lowest BCUT2D eigenvalue weighted by Gasteiger charge is -2.31. The summed E-state index contributed by atoms with van der Waals surface area (Å²) in [5, 5.41) is 0. The summed E-state index contributed by atoms with van der Waals surface area (Å²) in [6.07, 6.45) is 2.46. The smallest absolute Gasteiger partial charge is 0.0481 e. The molecule has 2 N–H and O–H groups in total. The fraction of sp³-hybridized carbons (Fsp3) is 0.600. The number of nitrogens with two attached hydrogens (primary N) is 1. The number of rotatable bonds is 7. The second kappa shape index (κ2) is 7.93. The van der Waals surface area contributed by atoms with E-state index in [1.807, 2.05) is 0 Å². The Morgan fingerprint density at radius 3 is 2.56 bits per heavy atom. The molecule has 0 amide bonds. The van der Waals surface area contributed by atoms with Crippen molar-refractivity contribution in [1.82, 2.24) is 4.90 Å². The van der Waals surface area contributed by atoms with E-state index in [-0.39, 0.29) is 0 Å². The molecule has 0 aliphatic heterocycles. The van der Waals surface area contributed by atoms with E-state index in [1.54, 1.807) is 0 Å². The van der Waals surface area contributed by atoms with Gasteiger partial charge in [-0.15, -0.1) is 0 Å². The number of benzene rings is 1. The van der Waals surface area contributed by atoms with Crippen molar-refractivity contribution in [2.45, 2.75) is 39.7 Å². The van der Waals surface area contributed by atoms with Crippen LogP contribution in [0, 0.1) is 6.92 Å². The molecule has 0 spiro atoms. The van der Waals surface area contributed by atoms with Gasteiger partial charge in [0.25, 0.3) is 0 Å². The number of nitrogens with zero attached hydrogens (tertiary/aromatic N) is 1. The Morgan fingerprint density at radius 1 is 1.33 bits per heavy atom. The zero-order valence-corrected chi connectivity index (χ0v) is 13.3. The zero-order chi connectivity index (χ0) is 13.5. The van der Waals surface area contributed by atoms with Crippen molar-refractivity contribution >= 4 is 15.9 Å². The Bertz CT molecular complexity index is 366. The summed E-state index contributed by atoms with van der Waals surface area (Å²) in [5.41, 5.74) is 8.58. The lowest BCUT2D eigenvalue weighted by Crippen LogP contribution is -2.34. The standard InChI is InChI=1S/C15H25BrN2/c1-4-6-9-18(5-2)15(11-17)13-8-7-12(3)10-14(13)16/h7-8,10,15H,4-6,9,11,17H2,1-3H3. The van der Waals surface area contributed by atoms with Crippen LogP contribution in [0.1, 0.15) is 43.9 Å². The number of hydrogen-bond donors (Lipinski definition) is 1. The largest absolute Gasteiger partial charge is 0.329 e. The van der Waals surface area contributed by atoms with Crippen molar-refractivity contribution in [3.8, 4) is 0 Å². The second-order valence-electron chi connectivity index (χ2n) is 4.76. The molecule has 102 valence electrons. The van der Waals surface area contributed by atoms with E-state index in [1.165, 1.54) is 28.4 Å². The molecule has 1 aromatic carbocycles. The molecule has 0 saturated carbocycles. The van der Waals surface area contributed by atoms with Crippen LogP contribution in [0.25, 0.3) is 0 Å². The molecular weight excluding hydrogens is 288 g/mol. The monoisotopic (exact) mass is 312 g/mol. The lowest BCUT2D eigenvalue weighted by molar-refractivity contribution is 0.208. The maximum atomic E-state index is 6.00. The molecule has 2 nitrogen and oxygen atoms in total. The van der Waals surface area contributed by atoms with Crippen molar-refractivity contribution in [2.24, 2.45) is 5.73 Å². The highest BCUT2D eigenvalue weighted by molar-refractivity contribution is 9.10. The van der Waals surface area contributed by atoms with E-state index in [9.17, 15) is 0 Å². The SMILES string of the molecule is CCCCN(CC)C(CN)c1ccc(C)cc1Br. The van der Waals surface area contributed by atoms with Crippen molar-refractivity contribution < 1.29 is 0 Å². The molecule has 3 heteroatoms. The van der Waals surface area contributed by atoms with Gasteiger partial charge in [-0.25, -0.2) is 0 Å². The molecule has 0 radical (unpaired) electrons. The molecule has 0 aliphatic carbocycles. The number of hydrogen-bond acceptors (Lipinski definition) is 2. The van der Waals surface area contributed by atoms with Gasteiger partial charge in [0.1, 0.15) is 0 Å². The van der Waals surface area contributed by atoms with Crippen molar-refractivity contribution in [3.63, 3.8) is 0 Å². The summed E-state index contributed by atoms with van der Waals surface area (Å²) in [6.45, 7) is 9.38. The van der Waals surface area contributed by atoms with E-state index in [4.69, 9.17) is 5.73 Å². The van der Waals surface area contributed by atoms with E-state index in [0.717, 1.165) is 13.1 Å². The van der Waals surface area contributed by atoms with Crippen LogP contribution >= 0.6 is 15.9 Å². The van der Waals surface area contributed by atoms with Crippen LogP contribution in [0.15, 0.2) is 22.7 Å². The zero-order valence-electron chi connectivity index (χ0n) is 11.7. The molecule has 1 rings (SSSR count). The van der Waals surface area contributed by atoms with Crippen LogP contribution in [0.4, 0.5) is 0 Å². The Hall–Kier alpha value is -0.380. The summed E-state index contributed by atoms with van der Waals surface area (Å²) in [6, 6.07) is 6.85. The molecule has 1 atom stereocenters. The van der Waals surface area contributed by atoms with Crippen LogP contribution in [-0.2, 0) is 0 Å². The normalized spacial score (nSPS) is 13.0. The van der Waals surface area contributed by atoms with Crippen LogP contribution < -0.4 is 5.73 Å². The average Bonchev–Trinajstić information content (AvgIpc) is 2.36. The van der Waals surface area contributed by atoms with Gasteiger partial charge in [-0.2, -0.15) is 0 Å². The van der Waals surface area contributed by atoms with Crippen LogP contribution in [-0.4, -0.2) is 24.5 Å². The van der Waals surface area contributed by atoms with E-state index in [0.29, 0.717) is 12.6 Å². The summed E-state index contributed by atoms with van der Waals surface area (Å²) < 4.78 is 1.17. The fourth-order valence-electron chi connectivity index (χ4n) is 2.27. The molecule has 0 fully saturated rings. The number of likely N-dealkylation sites (N-methyl/N-ethyl adjacent to an activating group) is 1. The van der Waals surface area contributed by atoms with E-state index >= 15 is 0 Å². The highest BCUT2D eigenvalue weighted by atomic mass is 79.9. The predicted molar refractivity (Wildman–Crippen MR) is 82.8 cm³/mol. The van der Waals surface area contributed by atoms with Crippen LogP contribution in [0.2, 0.25) is 0 Å². The van der Waals surface area contributed by atoms with Gasteiger partial charge >= 0.3 is 0 Å². The first-order chi connectivity index (χ1) is 8.63. The molecule has 0 saturated heterocycles. The highest BCUT2D eigenvalue weighted by Gasteiger charge is 2.19. The number of aryl methyl sites for hydroxylation is 1. The summed E-state index contributed by atoms with van der Waals surface area (Å²) in [5.74, 6) is 0. The minimum absolute atomic E-state index is 0.316. The first-order valence-electron chi connectivity index (χ1n) is 6.84. The molecule has 0 aromatic heterocycles. The van der Waals surface area contributed by atoms with Gasteiger partial charge in [0.2, 0.25) is 0 Å². The van der Waals surface area contributed by atoms with Crippen LogP contribution in [0.5, 0.6) is 0 Å².